The first-order valence-electron chi connectivity index (χ1n) is 5.90. The molecule has 0 saturated carbocycles. The second-order valence-corrected chi connectivity index (χ2v) is 4.33. The van der Waals surface area contributed by atoms with Crippen molar-refractivity contribution in [2.45, 2.75) is 5.88 Å². The number of pyridine rings is 2. The van der Waals surface area contributed by atoms with Gasteiger partial charge in [0.2, 0.25) is 5.88 Å². The Labute approximate surface area is 115 Å². The van der Waals surface area contributed by atoms with Crippen LogP contribution in [-0.2, 0) is 5.88 Å². The number of para-hydroxylation sites is 1. The van der Waals surface area contributed by atoms with E-state index in [4.69, 9.17) is 16.3 Å². The molecule has 1 aromatic carbocycles. The molecule has 0 aliphatic heterocycles. The normalized spacial score (nSPS) is 10.6. The van der Waals surface area contributed by atoms with Crippen LogP contribution in [0.25, 0.3) is 10.9 Å². The van der Waals surface area contributed by atoms with E-state index >= 15 is 0 Å². The summed E-state index contributed by atoms with van der Waals surface area (Å²) in [6, 6.07) is 15.4. The Morgan fingerprint density at radius 2 is 1.95 bits per heavy atom. The highest BCUT2D eigenvalue weighted by Crippen LogP contribution is 2.22. The van der Waals surface area contributed by atoms with Gasteiger partial charge in [0.15, 0.2) is 0 Å². The van der Waals surface area contributed by atoms with E-state index in [-0.39, 0.29) is 0 Å². The van der Waals surface area contributed by atoms with Crippen molar-refractivity contribution in [3.8, 4) is 11.6 Å². The lowest BCUT2D eigenvalue weighted by Gasteiger charge is -2.06. The number of rotatable bonds is 3. The summed E-state index contributed by atoms with van der Waals surface area (Å²) in [7, 11) is 0. The fraction of sp³-hybridized carbons (Fsp3) is 0.0667. The van der Waals surface area contributed by atoms with Crippen LogP contribution in [0.15, 0.2) is 54.7 Å². The standard InChI is InChI=1S/C15H11ClN2O/c16-9-12-5-3-7-15(18-12)19-13-8-11-4-1-2-6-14(11)17-10-13/h1-8,10H,9H2. The molecule has 0 bridgehead atoms. The maximum absolute atomic E-state index is 5.75. The maximum Gasteiger partial charge on any atom is 0.219 e. The molecule has 0 unspecified atom stereocenters. The largest absolute Gasteiger partial charge is 0.437 e. The number of benzene rings is 1. The van der Waals surface area contributed by atoms with E-state index in [2.05, 4.69) is 9.97 Å². The number of alkyl halides is 1. The van der Waals surface area contributed by atoms with Crippen molar-refractivity contribution in [3.05, 3.63) is 60.4 Å². The molecule has 0 amide bonds. The summed E-state index contributed by atoms with van der Waals surface area (Å²) < 4.78 is 5.70. The molecule has 0 aliphatic rings. The smallest absolute Gasteiger partial charge is 0.219 e. The van der Waals surface area contributed by atoms with Gasteiger partial charge in [0, 0.05) is 11.5 Å². The lowest BCUT2D eigenvalue weighted by atomic mass is 10.2. The van der Waals surface area contributed by atoms with E-state index in [1.54, 1.807) is 12.3 Å². The summed E-state index contributed by atoms with van der Waals surface area (Å²) >= 11 is 5.75. The Hall–Kier alpha value is -2.13. The number of hydrogen-bond acceptors (Lipinski definition) is 3. The van der Waals surface area contributed by atoms with Crippen molar-refractivity contribution in [2.24, 2.45) is 0 Å². The summed E-state index contributed by atoms with van der Waals surface area (Å²) in [5, 5.41) is 1.04. The molecule has 0 saturated heterocycles. The molecule has 19 heavy (non-hydrogen) atoms. The van der Waals surface area contributed by atoms with Crippen LogP contribution in [-0.4, -0.2) is 9.97 Å². The van der Waals surface area contributed by atoms with Gasteiger partial charge in [-0.15, -0.1) is 11.6 Å². The van der Waals surface area contributed by atoms with Crippen molar-refractivity contribution < 1.29 is 4.74 Å². The molecule has 0 atom stereocenters. The van der Waals surface area contributed by atoms with Gasteiger partial charge in [0.25, 0.3) is 0 Å². The van der Waals surface area contributed by atoms with Crippen LogP contribution < -0.4 is 4.74 Å². The predicted molar refractivity (Wildman–Crippen MR) is 75.6 cm³/mol. The predicted octanol–water partition coefficient (Wildman–Crippen LogP) is 4.16. The molecule has 2 aromatic heterocycles. The van der Waals surface area contributed by atoms with Crippen LogP contribution in [0.4, 0.5) is 0 Å². The Morgan fingerprint density at radius 1 is 1.05 bits per heavy atom. The summed E-state index contributed by atoms with van der Waals surface area (Å²) in [5.74, 6) is 1.56. The van der Waals surface area contributed by atoms with Gasteiger partial charge in [-0.05, 0) is 18.2 Å². The highest BCUT2D eigenvalue weighted by atomic mass is 35.5. The fourth-order valence-electron chi connectivity index (χ4n) is 1.82. The van der Waals surface area contributed by atoms with Gasteiger partial charge >= 0.3 is 0 Å². The van der Waals surface area contributed by atoms with E-state index in [0.717, 1.165) is 16.6 Å². The van der Waals surface area contributed by atoms with E-state index in [9.17, 15) is 0 Å². The van der Waals surface area contributed by atoms with Gasteiger partial charge in [-0.25, -0.2) is 4.98 Å². The average molecular weight is 271 g/mol. The van der Waals surface area contributed by atoms with Gasteiger partial charge in [0.1, 0.15) is 5.75 Å². The zero-order valence-corrected chi connectivity index (χ0v) is 10.8. The second kappa shape index (κ2) is 5.24. The Balaban J connectivity index is 1.92. The van der Waals surface area contributed by atoms with Crippen LogP contribution in [0.2, 0.25) is 0 Å². The van der Waals surface area contributed by atoms with Crippen LogP contribution in [0.1, 0.15) is 5.69 Å². The lowest BCUT2D eigenvalue weighted by Crippen LogP contribution is -1.91. The zero-order valence-electron chi connectivity index (χ0n) is 10.1. The molecule has 94 valence electrons. The third kappa shape index (κ3) is 2.66. The first-order chi connectivity index (χ1) is 9.35. The van der Waals surface area contributed by atoms with E-state index in [0.29, 0.717) is 17.5 Å². The van der Waals surface area contributed by atoms with E-state index in [1.807, 2.05) is 42.5 Å². The van der Waals surface area contributed by atoms with Crippen molar-refractivity contribution in [1.82, 2.24) is 9.97 Å². The molecule has 0 fully saturated rings. The molecule has 3 rings (SSSR count). The van der Waals surface area contributed by atoms with Crippen LogP contribution >= 0.6 is 11.6 Å². The summed E-state index contributed by atoms with van der Waals surface area (Å²) in [6.45, 7) is 0. The van der Waals surface area contributed by atoms with Gasteiger partial charge in [-0.2, -0.15) is 0 Å². The molecule has 2 heterocycles. The SMILES string of the molecule is ClCc1cccc(Oc2cnc3ccccc3c2)n1. The first kappa shape index (κ1) is 11.9. The molecule has 0 N–H and O–H groups in total. The van der Waals surface area contributed by atoms with Gasteiger partial charge in [0.05, 0.1) is 23.3 Å². The minimum atomic E-state index is 0.368. The number of hydrogen-bond donors (Lipinski definition) is 0. The molecular weight excluding hydrogens is 260 g/mol. The molecule has 3 aromatic rings. The fourth-order valence-corrected chi connectivity index (χ4v) is 1.97. The van der Waals surface area contributed by atoms with Gasteiger partial charge in [-0.1, -0.05) is 24.3 Å². The van der Waals surface area contributed by atoms with Crippen molar-refractivity contribution in [2.75, 3.05) is 0 Å². The van der Waals surface area contributed by atoms with E-state index in [1.165, 1.54) is 0 Å². The van der Waals surface area contributed by atoms with Gasteiger partial charge in [-0.3, -0.25) is 4.98 Å². The summed E-state index contributed by atoms with van der Waals surface area (Å²) in [4.78, 5) is 8.63. The van der Waals surface area contributed by atoms with Crippen molar-refractivity contribution >= 4 is 22.5 Å². The van der Waals surface area contributed by atoms with Crippen LogP contribution in [0.5, 0.6) is 11.6 Å². The molecule has 4 heteroatoms. The Morgan fingerprint density at radius 3 is 2.84 bits per heavy atom. The molecule has 0 aliphatic carbocycles. The van der Waals surface area contributed by atoms with Crippen molar-refractivity contribution in [3.63, 3.8) is 0 Å². The number of ether oxygens (including phenoxy) is 1. The number of aromatic nitrogens is 2. The summed E-state index contributed by atoms with van der Waals surface area (Å²) in [6.07, 6.45) is 1.69. The third-order valence-corrected chi connectivity index (χ3v) is 2.98. The molecule has 0 spiro atoms. The molecule has 0 radical (unpaired) electrons. The molecular formula is C15H11ClN2O. The van der Waals surface area contributed by atoms with Crippen LogP contribution in [0, 0.1) is 0 Å². The number of nitrogens with zero attached hydrogens (tertiary/aromatic N) is 2. The van der Waals surface area contributed by atoms with Crippen LogP contribution in [0.3, 0.4) is 0 Å². The Bertz CT molecular complexity index is 715. The minimum absolute atomic E-state index is 0.368. The third-order valence-electron chi connectivity index (χ3n) is 2.71. The Kier molecular flexibility index (Phi) is 3.29. The van der Waals surface area contributed by atoms with Gasteiger partial charge < -0.3 is 4.74 Å². The monoisotopic (exact) mass is 270 g/mol. The minimum Gasteiger partial charge on any atom is -0.437 e. The van der Waals surface area contributed by atoms with Crippen molar-refractivity contribution in [1.29, 1.82) is 0 Å². The lowest BCUT2D eigenvalue weighted by molar-refractivity contribution is 0.460. The quantitative estimate of drug-likeness (QED) is 0.670. The second-order valence-electron chi connectivity index (χ2n) is 4.07. The maximum atomic E-state index is 5.75. The average Bonchev–Trinajstić information content (AvgIpc) is 2.47. The first-order valence-corrected chi connectivity index (χ1v) is 6.43. The highest BCUT2D eigenvalue weighted by Gasteiger charge is 2.02. The summed E-state index contributed by atoms with van der Waals surface area (Å²) in [5.41, 5.74) is 1.73. The highest BCUT2D eigenvalue weighted by molar-refractivity contribution is 6.16. The van der Waals surface area contributed by atoms with E-state index < -0.39 is 0 Å². The molecule has 3 nitrogen and oxygen atoms in total. The topological polar surface area (TPSA) is 35.0 Å². The zero-order chi connectivity index (χ0) is 13.1. The number of halogens is 1. The number of fused-ring (bicyclic) bond motifs is 1.